The van der Waals surface area contributed by atoms with Crippen LogP contribution in [0, 0.1) is 5.82 Å². The van der Waals surface area contributed by atoms with Crippen molar-refractivity contribution in [3.05, 3.63) is 42.2 Å². The van der Waals surface area contributed by atoms with Crippen LogP contribution in [-0.2, 0) is 23.1 Å². The molecule has 0 N–H and O–H groups in total. The zero-order valence-corrected chi connectivity index (χ0v) is 11.9. The standard InChI is InChI=1S/C12H14FO6P/c1-9(20(15,16-2)17-3)19-12(14)8-18-11-6-4-10(13)5-7-11/h4-7H,1,8H2,2-3H3. The van der Waals surface area contributed by atoms with Gasteiger partial charge in [0.15, 0.2) is 6.61 Å². The van der Waals surface area contributed by atoms with Crippen LogP contribution in [0.15, 0.2) is 36.3 Å². The first-order chi connectivity index (χ1) is 9.41. The normalized spacial score (nSPS) is 10.9. The molecule has 0 unspecified atom stereocenters. The largest absolute Gasteiger partial charge is 0.482 e. The number of carbonyl (C=O) groups excluding carboxylic acids is 1. The zero-order chi connectivity index (χ0) is 15.2. The smallest absolute Gasteiger partial charge is 0.395 e. The van der Waals surface area contributed by atoms with Crippen molar-refractivity contribution in [2.24, 2.45) is 0 Å². The van der Waals surface area contributed by atoms with Crippen molar-refractivity contribution >= 4 is 13.6 Å². The quantitative estimate of drug-likeness (QED) is 0.438. The molecule has 0 radical (unpaired) electrons. The van der Waals surface area contributed by atoms with Crippen molar-refractivity contribution in [3.63, 3.8) is 0 Å². The molecule has 0 spiro atoms. The van der Waals surface area contributed by atoms with Gasteiger partial charge in [0.25, 0.3) is 0 Å². The predicted molar refractivity (Wildman–Crippen MR) is 68.8 cm³/mol. The summed E-state index contributed by atoms with van der Waals surface area (Å²) in [5.41, 5.74) is -0.435. The van der Waals surface area contributed by atoms with E-state index >= 15 is 0 Å². The van der Waals surface area contributed by atoms with Gasteiger partial charge >= 0.3 is 13.6 Å². The van der Waals surface area contributed by atoms with Gasteiger partial charge in [-0.15, -0.1) is 0 Å². The molecule has 1 aromatic rings. The highest BCUT2D eigenvalue weighted by molar-refractivity contribution is 7.58. The molecule has 0 fully saturated rings. The molecule has 1 aromatic carbocycles. The molecule has 0 aliphatic carbocycles. The summed E-state index contributed by atoms with van der Waals surface area (Å²) < 4.78 is 43.4. The lowest BCUT2D eigenvalue weighted by Gasteiger charge is -2.15. The van der Waals surface area contributed by atoms with Crippen molar-refractivity contribution in [2.45, 2.75) is 0 Å². The van der Waals surface area contributed by atoms with E-state index in [0.717, 1.165) is 14.2 Å². The van der Waals surface area contributed by atoms with E-state index in [1.54, 1.807) is 0 Å². The summed E-state index contributed by atoms with van der Waals surface area (Å²) >= 11 is 0. The molecule has 0 bridgehead atoms. The Hall–Kier alpha value is -1.69. The molecule has 1 rings (SSSR count). The molecule has 20 heavy (non-hydrogen) atoms. The molecule has 8 heteroatoms. The number of hydrogen-bond acceptors (Lipinski definition) is 6. The van der Waals surface area contributed by atoms with Crippen molar-refractivity contribution in [3.8, 4) is 5.75 Å². The minimum Gasteiger partial charge on any atom is -0.482 e. The Bertz CT molecular complexity index is 519. The lowest BCUT2D eigenvalue weighted by Crippen LogP contribution is -2.15. The van der Waals surface area contributed by atoms with Crippen molar-refractivity contribution < 1.29 is 32.3 Å². The van der Waals surface area contributed by atoms with Crippen LogP contribution in [0.1, 0.15) is 0 Å². The molecular weight excluding hydrogens is 290 g/mol. The van der Waals surface area contributed by atoms with Crippen molar-refractivity contribution in [2.75, 3.05) is 20.8 Å². The van der Waals surface area contributed by atoms with Crippen molar-refractivity contribution in [1.82, 2.24) is 0 Å². The van der Waals surface area contributed by atoms with Crippen LogP contribution in [0.5, 0.6) is 5.75 Å². The SMILES string of the molecule is C=C(OC(=O)COc1ccc(F)cc1)P(=O)(OC)OC. The third-order valence-electron chi connectivity index (χ3n) is 2.19. The van der Waals surface area contributed by atoms with Gasteiger partial charge < -0.3 is 18.5 Å². The molecular formula is C12H14FO6P. The van der Waals surface area contributed by atoms with Gasteiger partial charge in [-0.25, -0.2) is 9.18 Å². The summed E-state index contributed by atoms with van der Waals surface area (Å²) in [6, 6.07) is 5.08. The summed E-state index contributed by atoms with van der Waals surface area (Å²) in [6.07, 6.45) is 0. The Morgan fingerprint density at radius 3 is 2.30 bits per heavy atom. The van der Waals surface area contributed by atoms with E-state index in [9.17, 15) is 13.8 Å². The molecule has 0 aliphatic rings. The second-order valence-corrected chi connectivity index (χ2v) is 5.70. The molecule has 0 atom stereocenters. The van der Waals surface area contributed by atoms with E-state index in [-0.39, 0.29) is 5.75 Å². The van der Waals surface area contributed by atoms with Gasteiger partial charge in [0, 0.05) is 14.2 Å². The molecule has 0 heterocycles. The maximum Gasteiger partial charge on any atom is 0.395 e. The van der Waals surface area contributed by atoms with Crippen LogP contribution in [0.3, 0.4) is 0 Å². The van der Waals surface area contributed by atoms with Gasteiger partial charge in [0.05, 0.1) is 0 Å². The fourth-order valence-corrected chi connectivity index (χ4v) is 1.94. The Balaban J connectivity index is 2.50. The summed E-state index contributed by atoms with van der Waals surface area (Å²) in [5, 5.41) is 0. The maximum absolute atomic E-state index is 12.6. The van der Waals surface area contributed by atoms with E-state index in [1.807, 2.05) is 0 Å². The van der Waals surface area contributed by atoms with E-state index in [2.05, 4.69) is 15.6 Å². The molecule has 0 amide bonds. The van der Waals surface area contributed by atoms with Crippen LogP contribution >= 0.6 is 7.60 Å². The van der Waals surface area contributed by atoms with Crippen LogP contribution < -0.4 is 4.74 Å². The fourth-order valence-electron chi connectivity index (χ4n) is 1.17. The summed E-state index contributed by atoms with van der Waals surface area (Å²) in [6.45, 7) is 2.85. The first-order valence-electron chi connectivity index (χ1n) is 5.41. The number of rotatable bonds is 7. The third-order valence-corrected chi connectivity index (χ3v) is 3.85. The predicted octanol–water partition coefficient (Wildman–Crippen LogP) is 2.70. The second kappa shape index (κ2) is 7.19. The average Bonchev–Trinajstić information content (AvgIpc) is 2.45. The number of esters is 1. The van der Waals surface area contributed by atoms with Gasteiger partial charge in [0.2, 0.25) is 5.50 Å². The molecule has 0 saturated heterocycles. The van der Waals surface area contributed by atoms with Gasteiger partial charge in [-0.3, -0.25) is 4.57 Å². The van der Waals surface area contributed by atoms with Crippen LogP contribution in [0.4, 0.5) is 4.39 Å². The highest BCUT2D eigenvalue weighted by Crippen LogP contribution is 2.54. The topological polar surface area (TPSA) is 71.1 Å². The maximum atomic E-state index is 12.6. The molecule has 0 aliphatic heterocycles. The van der Waals surface area contributed by atoms with Crippen LogP contribution in [-0.4, -0.2) is 26.8 Å². The van der Waals surface area contributed by atoms with Crippen LogP contribution in [0.2, 0.25) is 0 Å². The highest BCUT2D eigenvalue weighted by atomic mass is 31.2. The second-order valence-electron chi connectivity index (χ2n) is 3.47. The number of hydrogen-bond donors (Lipinski definition) is 0. The molecule has 6 nitrogen and oxygen atoms in total. The van der Waals surface area contributed by atoms with E-state index < -0.39 is 31.5 Å². The third kappa shape index (κ3) is 4.45. The molecule has 110 valence electrons. The number of halogens is 1. The Kier molecular flexibility index (Phi) is 5.88. The Labute approximate surface area is 115 Å². The van der Waals surface area contributed by atoms with Crippen LogP contribution in [0.25, 0.3) is 0 Å². The van der Waals surface area contributed by atoms with Gasteiger partial charge in [-0.1, -0.05) is 0 Å². The number of benzene rings is 1. The highest BCUT2D eigenvalue weighted by Gasteiger charge is 2.29. The van der Waals surface area contributed by atoms with E-state index in [0.29, 0.717) is 0 Å². The van der Waals surface area contributed by atoms with Gasteiger partial charge in [-0.2, -0.15) is 0 Å². The van der Waals surface area contributed by atoms with Gasteiger partial charge in [0.1, 0.15) is 11.6 Å². The zero-order valence-electron chi connectivity index (χ0n) is 11.0. The number of ether oxygens (including phenoxy) is 2. The minimum atomic E-state index is -3.67. The molecule has 0 aromatic heterocycles. The lowest BCUT2D eigenvalue weighted by atomic mass is 10.3. The van der Waals surface area contributed by atoms with E-state index in [4.69, 9.17) is 9.47 Å². The van der Waals surface area contributed by atoms with E-state index in [1.165, 1.54) is 24.3 Å². The summed E-state index contributed by atoms with van der Waals surface area (Å²) in [5.74, 6) is -0.973. The lowest BCUT2D eigenvalue weighted by molar-refractivity contribution is -0.141. The summed E-state index contributed by atoms with van der Waals surface area (Å²) in [4.78, 5) is 11.5. The minimum absolute atomic E-state index is 0.288. The monoisotopic (exact) mass is 304 g/mol. The summed E-state index contributed by atoms with van der Waals surface area (Å²) in [7, 11) is -1.40. The Morgan fingerprint density at radius 2 is 1.80 bits per heavy atom. The van der Waals surface area contributed by atoms with Gasteiger partial charge in [-0.05, 0) is 30.8 Å². The number of carbonyl (C=O) groups is 1. The molecule has 0 saturated carbocycles. The first kappa shape index (κ1) is 16.4. The first-order valence-corrected chi connectivity index (χ1v) is 6.95. The van der Waals surface area contributed by atoms with Crippen molar-refractivity contribution in [1.29, 1.82) is 0 Å². The Morgan fingerprint density at radius 1 is 1.25 bits per heavy atom. The fraction of sp³-hybridized carbons (Fsp3) is 0.250. The average molecular weight is 304 g/mol.